The van der Waals surface area contributed by atoms with Gasteiger partial charge in [-0.15, -0.1) is 0 Å². The number of nitrogens with one attached hydrogen (secondary N) is 2. The minimum atomic E-state index is 0.300. The third-order valence-corrected chi connectivity index (χ3v) is 1.87. The second-order valence-corrected chi connectivity index (χ2v) is 4.64. The number of nitrogens with zero attached hydrogens (tertiary/aromatic N) is 1. The van der Waals surface area contributed by atoms with E-state index in [4.69, 9.17) is 0 Å². The topological polar surface area (TPSA) is 40.7 Å². The summed E-state index contributed by atoms with van der Waals surface area (Å²) in [7, 11) is 0. The van der Waals surface area contributed by atoms with Gasteiger partial charge in [-0.1, -0.05) is 20.8 Å². The number of aromatic nitrogens is 2. The molecule has 0 spiro atoms. The maximum atomic E-state index is 4.20. The lowest BCUT2D eigenvalue weighted by molar-refractivity contribution is 0.356. The minimum absolute atomic E-state index is 0.300. The predicted molar refractivity (Wildman–Crippen MR) is 54.5 cm³/mol. The van der Waals surface area contributed by atoms with Crippen LogP contribution in [0.3, 0.4) is 0 Å². The maximum Gasteiger partial charge on any atom is 0.122 e. The van der Waals surface area contributed by atoms with E-state index in [0.717, 1.165) is 12.4 Å². The van der Waals surface area contributed by atoms with Gasteiger partial charge in [0.25, 0.3) is 0 Å². The Morgan fingerprint density at radius 2 is 2.23 bits per heavy atom. The Morgan fingerprint density at radius 1 is 1.54 bits per heavy atom. The lowest BCUT2D eigenvalue weighted by Gasteiger charge is -2.21. The first-order valence-corrected chi connectivity index (χ1v) is 4.72. The van der Waals surface area contributed by atoms with Crippen molar-refractivity contribution in [3.63, 3.8) is 0 Å². The van der Waals surface area contributed by atoms with Crippen LogP contribution in [-0.2, 0) is 0 Å². The fraction of sp³-hybridized carbons (Fsp3) is 0.700. The summed E-state index contributed by atoms with van der Waals surface area (Å²) in [5.41, 5.74) is 0.320. The number of hydrogen-bond donors (Lipinski definition) is 2. The molecule has 0 amide bonds. The molecular weight excluding hydrogens is 162 g/mol. The van der Waals surface area contributed by atoms with Crippen LogP contribution < -0.4 is 5.32 Å². The van der Waals surface area contributed by atoms with Crippen LogP contribution in [0.4, 0.5) is 0 Å². The summed E-state index contributed by atoms with van der Waals surface area (Å²) in [6, 6.07) is 0.300. The third-order valence-electron chi connectivity index (χ3n) is 1.87. The minimum Gasteiger partial charge on any atom is -0.347 e. The van der Waals surface area contributed by atoms with Crippen LogP contribution in [-0.4, -0.2) is 16.5 Å². The van der Waals surface area contributed by atoms with E-state index in [1.807, 2.05) is 6.20 Å². The zero-order valence-electron chi connectivity index (χ0n) is 8.89. The van der Waals surface area contributed by atoms with Crippen molar-refractivity contribution in [3.8, 4) is 0 Å². The second-order valence-electron chi connectivity index (χ2n) is 4.64. The van der Waals surface area contributed by atoms with E-state index in [2.05, 4.69) is 43.0 Å². The molecule has 1 rings (SSSR count). The van der Waals surface area contributed by atoms with Gasteiger partial charge in [0.2, 0.25) is 0 Å². The summed E-state index contributed by atoms with van der Waals surface area (Å²) in [5, 5.41) is 3.43. The molecule has 74 valence electrons. The molecule has 1 unspecified atom stereocenters. The van der Waals surface area contributed by atoms with E-state index in [1.54, 1.807) is 6.20 Å². The SMILES string of the molecule is CC(NCC(C)(C)C)c1ncc[nH]1. The van der Waals surface area contributed by atoms with E-state index in [1.165, 1.54) is 0 Å². The zero-order valence-corrected chi connectivity index (χ0v) is 8.89. The molecule has 0 bridgehead atoms. The lowest BCUT2D eigenvalue weighted by atomic mass is 9.96. The van der Waals surface area contributed by atoms with E-state index >= 15 is 0 Å². The number of imidazole rings is 1. The van der Waals surface area contributed by atoms with Gasteiger partial charge in [0.15, 0.2) is 0 Å². The van der Waals surface area contributed by atoms with E-state index in [0.29, 0.717) is 11.5 Å². The molecule has 0 aliphatic carbocycles. The Labute approximate surface area is 80.0 Å². The molecule has 0 saturated carbocycles. The van der Waals surface area contributed by atoms with Gasteiger partial charge in [0.1, 0.15) is 5.82 Å². The van der Waals surface area contributed by atoms with Crippen LogP contribution in [0.5, 0.6) is 0 Å². The molecule has 3 nitrogen and oxygen atoms in total. The average Bonchev–Trinajstić information content (AvgIpc) is 2.50. The van der Waals surface area contributed by atoms with Crippen molar-refractivity contribution in [2.45, 2.75) is 33.7 Å². The third kappa shape index (κ3) is 3.59. The summed E-state index contributed by atoms with van der Waals surface area (Å²) in [6.45, 7) is 9.76. The Hall–Kier alpha value is -0.830. The first kappa shape index (κ1) is 10.3. The van der Waals surface area contributed by atoms with Crippen LogP contribution in [0.2, 0.25) is 0 Å². The van der Waals surface area contributed by atoms with Gasteiger partial charge in [-0.05, 0) is 12.3 Å². The molecule has 0 aliphatic rings. The number of hydrogen-bond acceptors (Lipinski definition) is 2. The molecule has 1 atom stereocenters. The molecule has 0 aliphatic heterocycles. The highest BCUT2D eigenvalue weighted by molar-refractivity contribution is 4.93. The summed E-state index contributed by atoms with van der Waals surface area (Å²) >= 11 is 0. The van der Waals surface area contributed by atoms with Crippen molar-refractivity contribution in [1.29, 1.82) is 0 Å². The molecule has 2 N–H and O–H groups in total. The van der Waals surface area contributed by atoms with Crippen molar-refractivity contribution < 1.29 is 0 Å². The Morgan fingerprint density at radius 3 is 2.69 bits per heavy atom. The fourth-order valence-electron chi connectivity index (χ4n) is 1.07. The molecule has 0 aromatic carbocycles. The van der Waals surface area contributed by atoms with E-state index in [9.17, 15) is 0 Å². The zero-order chi connectivity index (χ0) is 9.90. The van der Waals surface area contributed by atoms with Gasteiger partial charge in [0.05, 0.1) is 6.04 Å². The van der Waals surface area contributed by atoms with Crippen LogP contribution in [0.15, 0.2) is 12.4 Å². The molecule has 13 heavy (non-hydrogen) atoms. The van der Waals surface area contributed by atoms with Crippen molar-refractivity contribution in [2.24, 2.45) is 5.41 Å². The van der Waals surface area contributed by atoms with E-state index in [-0.39, 0.29) is 0 Å². The van der Waals surface area contributed by atoms with Crippen LogP contribution in [0.25, 0.3) is 0 Å². The molecule has 3 heteroatoms. The first-order chi connectivity index (χ1) is 5.99. The molecule has 1 heterocycles. The Bertz CT molecular complexity index is 233. The monoisotopic (exact) mass is 181 g/mol. The molecule has 0 saturated heterocycles. The number of H-pyrrole nitrogens is 1. The van der Waals surface area contributed by atoms with Crippen molar-refractivity contribution in [2.75, 3.05) is 6.54 Å². The Kier molecular flexibility index (Phi) is 3.09. The van der Waals surface area contributed by atoms with Gasteiger partial charge >= 0.3 is 0 Å². The van der Waals surface area contributed by atoms with Crippen molar-refractivity contribution in [1.82, 2.24) is 15.3 Å². The molecule has 0 radical (unpaired) electrons. The fourth-order valence-corrected chi connectivity index (χ4v) is 1.07. The normalized spacial score (nSPS) is 14.5. The molecular formula is C10H19N3. The smallest absolute Gasteiger partial charge is 0.122 e. The highest BCUT2D eigenvalue weighted by Gasteiger charge is 2.13. The number of aromatic amines is 1. The maximum absolute atomic E-state index is 4.20. The average molecular weight is 181 g/mol. The van der Waals surface area contributed by atoms with Gasteiger partial charge in [0, 0.05) is 18.9 Å². The van der Waals surface area contributed by atoms with Crippen LogP contribution in [0.1, 0.15) is 39.6 Å². The van der Waals surface area contributed by atoms with Gasteiger partial charge < -0.3 is 10.3 Å². The lowest BCUT2D eigenvalue weighted by Crippen LogP contribution is -2.29. The van der Waals surface area contributed by atoms with Crippen LogP contribution in [0, 0.1) is 5.41 Å². The Balaban J connectivity index is 2.39. The second kappa shape index (κ2) is 3.92. The summed E-state index contributed by atoms with van der Waals surface area (Å²) < 4.78 is 0. The number of rotatable bonds is 3. The van der Waals surface area contributed by atoms with E-state index < -0.39 is 0 Å². The predicted octanol–water partition coefficient (Wildman–Crippen LogP) is 2.11. The van der Waals surface area contributed by atoms with Gasteiger partial charge in [-0.2, -0.15) is 0 Å². The summed E-state index contributed by atoms with van der Waals surface area (Å²) in [6.07, 6.45) is 3.63. The molecule has 0 fully saturated rings. The van der Waals surface area contributed by atoms with Gasteiger partial charge in [-0.3, -0.25) is 0 Å². The van der Waals surface area contributed by atoms with Gasteiger partial charge in [-0.25, -0.2) is 4.98 Å². The quantitative estimate of drug-likeness (QED) is 0.749. The molecule has 1 aromatic heterocycles. The standard InChI is InChI=1S/C10H19N3/c1-8(9-11-5-6-12-9)13-7-10(2,3)4/h5-6,8,13H,7H2,1-4H3,(H,11,12). The van der Waals surface area contributed by atoms with Crippen LogP contribution >= 0.6 is 0 Å². The highest BCUT2D eigenvalue weighted by atomic mass is 15.0. The summed E-state index contributed by atoms with van der Waals surface area (Å²) in [4.78, 5) is 7.30. The van der Waals surface area contributed by atoms with Crippen molar-refractivity contribution >= 4 is 0 Å². The first-order valence-electron chi connectivity index (χ1n) is 4.72. The molecule has 1 aromatic rings. The largest absolute Gasteiger partial charge is 0.347 e. The highest BCUT2D eigenvalue weighted by Crippen LogP contribution is 2.13. The summed E-state index contributed by atoms with van der Waals surface area (Å²) in [5.74, 6) is 1.00. The van der Waals surface area contributed by atoms with Crippen molar-refractivity contribution in [3.05, 3.63) is 18.2 Å².